The molecule has 1 aliphatic heterocycles. The average Bonchev–Trinajstić information content (AvgIpc) is 2.77. The summed E-state index contributed by atoms with van der Waals surface area (Å²) >= 11 is 0. The first-order valence-electron chi connectivity index (χ1n) is 9.50. The summed E-state index contributed by atoms with van der Waals surface area (Å²) in [5, 5.41) is 14.2. The molecule has 0 aromatic heterocycles. The lowest BCUT2D eigenvalue weighted by Gasteiger charge is -2.32. The maximum Gasteiger partial charge on any atom is 0.292 e. The van der Waals surface area contributed by atoms with Gasteiger partial charge in [0.1, 0.15) is 5.69 Å². The van der Waals surface area contributed by atoms with Gasteiger partial charge in [-0.05, 0) is 36.6 Å². The number of rotatable bonds is 7. The lowest BCUT2D eigenvalue weighted by Crippen LogP contribution is -2.40. The fourth-order valence-corrected chi connectivity index (χ4v) is 3.59. The monoisotopic (exact) mass is 399 g/mol. The molecule has 1 heterocycles. The van der Waals surface area contributed by atoms with Crippen molar-refractivity contribution in [2.45, 2.75) is 19.4 Å². The number of amides is 1. The molecule has 1 saturated heterocycles. The Morgan fingerprint density at radius 2 is 1.83 bits per heavy atom. The van der Waals surface area contributed by atoms with Crippen molar-refractivity contribution >= 4 is 17.3 Å². The summed E-state index contributed by atoms with van der Waals surface area (Å²) in [4.78, 5) is 25.4. The van der Waals surface area contributed by atoms with Crippen LogP contribution in [0.4, 0.5) is 11.4 Å². The summed E-state index contributed by atoms with van der Waals surface area (Å²) < 4.78 is 10.5. The minimum Gasteiger partial charge on any atom is -0.493 e. The van der Waals surface area contributed by atoms with Gasteiger partial charge in [-0.25, -0.2) is 0 Å². The fraction of sp³-hybridized carbons (Fsp3) is 0.381. The van der Waals surface area contributed by atoms with Gasteiger partial charge in [0.25, 0.3) is 5.69 Å². The van der Waals surface area contributed by atoms with Gasteiger partial charge in [0.15, 0.2) is 11.5 Å². The van der Waals surface area contributed by atoms with Crippen molar-refractivity contribution in [3.63, 3.8) is 0 Å². The summed E-state index contributed by atoms with van der Waals surface area (Å²) in [6.45, 7) is 1.63. The number of carbonyl (C=O) groups is 1. The zero-order chi connectivity index (χ0) is 20.8. The highest BCUT2D eigenvalue weighted by Gasteiger charge is 2.28. The SMILES string of the molecule is COc1ccc(CNC(=O)C2CCN(c3ccccc3[N+](=O)[O-])CC2)cc1OC. The maximum atomic E-state index is 12.6. The molecule has 2 aromatic carbocycles. The molecule has 1 aliphatic rings. The van der Waals surface area contributed by atoms with Crippen molar-refractivity contribution in [3.05, 3.63) is 58.1 Å². The predicted molar refractivity (Wildman–Crippen MR) is 109 cm³/mol. The second-order valence-electron chi connectivity index (χ2n) is 6.91. The molecule has 29 heavy (non-hydrogen) atoms. The number of ether oxygens (including phenoxy) is 2. The molecule has 0 saturated carbocycles. The second-order valence-corrected chi connectivity index (χ2v) is 6.91. The van der Waals surface area contributed by atoms with E-state index in [4.69, 9.17) is 9.47 Å². The number of nitro groups is 1. The lowest BCUT2D eigenvalue weighted by molar-refractivity contribution is -0.384. The highest BCUT2D eigenvalue weighted by molar-refractivity contribution is 5.79. The summed E-state index contributed by atoms with van der Waals surface area (Å²) in [5.74, 6) is 1.16. The number of nitrogens with one attached hydrogen (secondary N) is 1. The molecule has 154 valence electrons. The summed E-state index contributed by atoms with van der Waals surface area (Å²) in [7, 11) is 3.15. The number of hydrogen-bond donors (Lipinski definition) is 1. The van der Waals surface area contributed by atoms with Crippen LogP contribution < -0.4 is 19.7 Å². The molecule has 0 bridgehead atoms. The molecule has 1 amide bonds. The average molecular weight is 399 g/mol. The molecule has 3 rings (SSSR count). The van der Waals surface area contributed by atoms with Crippen LogP contribution in [0.3, 0.4) is 0 Å². The van der Waals surface area contributed by atoms with Crippen molar-refractivity contribution < 1.29 is 19.2 Å². The third-order valence-corrected chi connectivity index (χ3v) is 5.20. The molecule has 8 heteroatoms. The van der Waals surface area contributed by atoms with Gasteiger partial charge in [0, 0.05) is 31.6 Å². The van der Waals surface area contributed by atoms with Gasteiger partial charge in [0.05, 0.1) is 19.1 Å². The van der Waals surface area contributed by atoms with Gasteiger partial charge in [0.2, 0.25) is 5.91 Å². The first kappa shape index (κ1) is 20.4. The van der Waals surface area contributed by atoms with E-state index in [0.29, 0.717) is 49.7 Å². The van der Waals surface area contributed by atoms with E-state index in [2.05, 4.69) is 5.32 Å². The first-order chi connectivity index (χ1) is 14.0. The molecule has 0 aliphatic carbocycles. The van der Waals surface area contributed by atoms with Gasteiger partial charge in [-0.1, -0.05) is 18.2 Å². The highest BCUT2D eigenvalue weighted by Crippen LogP contribution is 2.31. The molecular formula is C21H25N3O5. The van der Waals surface area contributed by atoms with Gasteiger partial charge in [-0.2, -0.15) is 0 Å². The third kappa shape index (κ3) is 4.77. The van der Waals surface area contributed by atoms with Gasteiger partial charge < -0.3 is 19.7 Å². The zero-order valence-corrected chi connectivity index (χ0v) is 16.6. The van der Waals surface area contributed by atoms with Crippen LogP contribution in [0, 0.1) is 16.0 Å². The quantitative estimate of drug-likeness (QED) is 0.568. The Morgan fingerprint density at radius 3 is 2.48 bits per heavy atom. The predicted octanol–water partition coefficient (Wildman–Crippen LogP) is 3.14. The number of methoxy groups -OCH3 is 2. The standard InChI is InChI=1S/C21H25N3O5/c1-28-19-8-7-15(13-20(19)29-2)14-22-21(25)16-9-11-23(12-10-16)17-5-3-4-6-18(17)24(26)27/h3-8,13,16H,9-12,14H2,1-2H3,(H,22,25). The molecule has 2 aromatic rings. The molecule has 8 nitrogen and oxygen atoms in total. The number of anilines is 1. The van der Waals surface area contributed by atoms with Gasteiger partial charge in [-0.15, -0.1) is 0 Å². The molecule has 0 spiro atoms. The van der Waals surface area contributed by atoms with Crippen molar-refractivity contribution in [1.82, 2.24) is 5.32 Å². The zero-order valence-electron chi connectivity index (χ0n) is 16.6. The van der Waals surface area contributed by atoms with Crippen LogP contribution in [0.2, 0.25) is 0 Å². The Labute approximate surface area is 169 Å². The third-order valence-electron chi connectivity index (χ3n) is 5.20. The van der Waals surface area contributed by atoms with Gasteiger partial charge >= 0.3 is 0 Å². The van der Waals surface area contributed by atoms with E-state index in [9.17, 15) is 14.9 Å². The number of benzene rings is 2. The molecule has 1 N–H and O–H groups in total. The van der Waals surface area contributed by atoms with Crippen molar-refractivity contribution in [1.29, 1.82) is 0 Å². The normalized spacial score (nSPS) is 14.3. The summed E-state index contributed by atoms with van der Waals surface area (Å²) in [6.07, 6.45) is 1.31. The van der Waals surface area contributed by atoms with E-state index >= 15 is 0 Å². The molecular weight excluding hydrogens is 374 g/mol. The van der Waals surface area contributed by atoms with Crippen LogP contribution in [0.15, 0.2) is 42.5 Å². The lowest BCUT2D eigenvalue weighted by atomic mass is 9.95. The minimum absolute atomic E-state index is 0.00185. The van der Waals surface area contributed by atoms with Crippen LogP contribution in [0.25, 0.3) is 0 Å². The maximum absolute atomic E-state index is 12.6. The van der Waals surface area contributed by atoms with Crippen LogP contribution >= 0.6 is 0 Å². The topological polar surface area (TPSA) is 93.9 Å². The summed E-state index contributed by atoms with van der Waals surface area (Å²) in [5.41, 5.74) is 1.64. The van der Waals surface area contributed by atoms with Crippen LogP contribution in [-0.4, -0.2) is 38.1 Å². The summed E-state index contributed by atoms with van der Waals surface area (Å²) in [6, 6.07) is 12.3. The van der Waals surface area contributed by atoms with Crippen LogP contribution in [-0.2, 0) is 11.3 Å². The Hall–Kier alpha value is -3.29. The van der Waals surface area contributed by atoms with Gasteiger partial charge in [-0.3, -0.25) is 14.9 Å². The fourth-order valence-electron chi connectivity index (χ4n) is 3.59. The Morgan fingerprint density at radius 1 is 1.14 bits per heavy atom. The molecule has 1 fully saturated rings. The largest absolute Gasteiger partial charge is 0.493 e. The number of hydrogen-bond acceptors (Lipinski definition) is 6. The van der Waals surface area contributed by atoms with Crippen LogP contribution in [0.5, 0.6) is 11.5 Å². The Kier molecular flexibility index (Phi) is 6.54. The van der Waals surface area contributed by atoms with Crippen LogP contribution in [0.1, 0.15) is 18.4 Å². The van der Waals surface area contributed by atoms with E-state index in [0.717, 1.165) is 5.56 Å². The molecule has 0 radical (unpaired) electrons. The van der Waals surface area contributed by atoms with E-state index in [1.165, 1.54) is 6.07 Å². The second kappa shape index (κ2) is 9.27. The molecule has 0 atom stereocenters. The van der Waals surface area contributed by atoms with E-state index in [1.54, 1.807) is 32.4 Å². The number of carbonyl (C=O) groups excluding carboxylic acids is 1. The Balaban J connectivity index is 1.55. The van der Waals surface area contributed by atoms with Crippen molar-refractivity contribution in [3.8, 4) is 11.5 Å². The first-order valence-corrected chi connectivity index (χ1v) is 9.50. The Bertz CT molecular complexity index is 878. The number of piperidine rings is 1. The highest BCUT2D eigenvalue weighted by atomic mass is 16.6. The van der Waals surface area contributed by atoms with E-state index < -0.39 is 0 Å². The van der Waals surface area contributed by atoms with Crippen molar-refractivity contribution in [2.75, 3.05) is 32.2 Å². The van der Waals surface area contributed by atoms with Crippen molar-refractivity contribution in [2.24, 2.45) is 5.92 Å². The minimum atomic E-state index is -0.364. The smallest absolute Gasteiger partial charge is 0.292 e. The number of nitro benzene ring substituents is 1. The number of para-hydroxylation sites is 2. The van der Waals surface area contributed by atoms with E-state index in [1.807, 2.05) is 23.1 Å². The molecule has 0 unspecified atom stereocenters. The van der Waals surface area contributed by atoms with E-state index in [-0.39, 0.29) is 22.4 Å². The number of nitrogens with zero attached hydrogens (tertiary/aromatic N) is 2.